The fourth-order valence-corrected chi connectivity index (χ4v) is 3.61. The van der Waals surface area contributed by atoms with Gasteiger partial charge in [0, 0.05) is 42.8 Å². The molecule has 4 rings (SSSR count). The van der Waals surface area contributed by atoms with Crippen molar-refractivity contribution in [3.63, 3.8) is 0 Å². The molecule has 0 bridgehead atoms. The Labute approximate surface area is 142 Å². The van der Waals surface area contributed by atoms with Crippen LogP contribution in [0.5, 0.6) is 0 Å². The summed E-state index contributed by atoms with van der Waals surface area (Å²) in [5.74, 6) is -0.0406. The third-order valence-corrected chi connectivity index (χ3v) is 4.98. The maximum atomic E-state index is 12.3. The van der Waals surface area contributed by atoms with Gasteiger partial charge in [0.15, 0.2) is 0 Å². The molecule has 1 N–H and O–H groups in total. The van der Waals surface area contributed by atoms with Crippen LogP contribution in [0, 0.1) is 0 Å². The van der Waals surface area contributed by atoms with Crippen molar-refractivity contribution < 1.29 is 9.53 Å². The standard InChI is InChI=1S/C19H23N3O2/c23-19(15-5-7-16(8-6-15)21-9-1-2-10-21)20-12-18-13-22-11-3-4-17(22)14-24-18/h1-2,5-10,17-18H,3-4,11-14H2,(H,20,23)/t17-,18+/m1/s1. The SMILES string of the molecule is O=C(NC[C@H]1CN2CCC[C@@H]2CO1)c1ccc(-n2cccc2)cc1. The fourth-order valence-electron chi connectivity index (χ4n) is 3.61. The van der Waals surface area contributed by atoms with Gasteiger partial charge in [-0.3, -0.25) is 9.69 Å². The van der Waals surface area contributed by atoms with Gasteiger partial charge in [0.1, 0.15) is 0 Å². The second-order valence-electron chi connectivity index (χ2n) is 6.59. The largest absolute Gasteiger partial charge is 0.373 e. The van der Waals surface area contributed by atoms with Gasteiger partial charge in [0.2, 0.25) is 0 Å². The van der Waals surface area contributed by atoms with Crippen LogP contribution < -0.4 is 5.32 Å². The molecule has 0 aliphatic carbocycles. The number of nitrogens with one attached hydrogen (secondary N) is 1. The van der Waals surface area contributed by atoms with Crippen LogP contribution in [0.15, 0.2) is 48.8 Å². The van der Waals surface area contributed by atoms with E-state index < -0.39 is 0 Å². The van der Waals surface area contributed by atoms with E-state index in [-0.39, 0.29) is 12.0 Å². The van der Waals surface area contributed by atoms with Crippen LogP contribution in [0.2, 0.25) is 0 Å². The lowest BCUT2D eigenvalue weighted by atomic mass is 10.1. The number of carbonyl (C=O) groups is 1. The van der Waals surface area contributed by atoms with E-state index in [4.69, 9.17) is 4.74 Å². The number of ether oxygens (including phenoxy) is 1. The molecule has 0 spiro atoms. The second kappa shape index (κ2) is 6.79. The highest BCUT2D eigenvalue weighted by Crippen LogP contribution is 2.22. The molecule has 2 fully saturated rings. The number of fused-ring (bicyclic) bond motifs is 1. The van der Waals surface area contributed by atoms with Crippen LogP contribution in [0.4, 0.5) is 0 Å². The van der Waals surface area contributed by atoms with Gasteiger partial charge in [-0.25, -0.2) is 0 Å². The summed E-state index contributed by atoms with van der Waals surface area (Å²) in [5.41, 5.74) is 1.73. The molecule has 24 heavy (non-hydrogen) atoms. The molecule has 126 valence electrons. The maximum Gasteiger partial charge on any atom is 0.251 e. The normalized spacial score (nSPS) is 23.8. The smallest absolute Gasteiger partial charge is 0.251 e. The molecule has 5 heteroatoms. The van der Waals surface area contributed by atoms with Gasteiger partial charge in [0.05, 0.1) is 12.7 Å². The summed E-state index contributed by atoms with van der Waals surface area (Å²) in [7, 11) is 0. The molecule has 0 unspecified atom stereocenters. The zero-order chi connectivity index (χ0) is 16.4. The molecule has 1 amide bonds. The molecule has 3 heterocycles. The lowest BCUT2D eigenvalue weighted by Crippen LogP contribution is -2.50. The number of hydrogen-bond acceptors (Lipinski definition) is 3. The van der Waals surface area contributed by atoms with E-state index in [0.717, 1.165) is 18.8 Å². The summed E-state index contributed by atoms with van der Waals surface area (Å²) in [5, 5.41) is 3.01. The van der Waals surface area contributed by atoms with Crippen LogP contribution in [-0.4, -0.2) is 53.8 Å². The molecule has 0 radical (unpaired) electrons. The van der Waals surface area contributed by atoms with Crippen molar-refractivity contribution in [3.8, 4) is 5.69 Å². The summed E-state index contributed by atoms with van der Waals surface area (Å²) in [4.78, 5) is 14.8. The molecule has 2 aliphatic rings. The average Bonchev–Trinajstić information content (AvgIpc) is 3.31. The van der Waals surface area contributed by atoms with E-state index >= 15 is 0 Å². The van der Waals surface area contributed by atoms with E-state index in [2.05, 4.69) is 10.2 Å². The van der Waals surface area contributed by atoms with Crippen molar-refractivity contribution in [3.05, 3.63) is 54.4 Å². The van der Waals surface area contributed by atoms with E-state index in [0.29, 0.717) is 18.2 Å². The van der Waals surface area contributed by atoms with Crippen molar-refractivity contribution in [1.82, 2.24) is 14.8 Å². The first-order chi connectivity index (χ1) is 11.8. The van der Waals surface area contributed by atoms with E-state index in [1.54, 1.807) is 0 Å². The molecule has 2 saturated heterocycles. The van der Waals surface area contributed by atoms with Gasteiger partial charge in [-0.2, -0.15) is 0 Å². The molecular weight excluding hydrogens is 302 g/mol. The molecule has 1 aromatic heterocycles. The number of carbonyl (C=O) groups excluding carboxylic acids is 1. The first kappa shape index (κ1) is 15.4. The molecule has 0 saturated carbocycles. The van der Waals surface area contributed by atoms with E-state index in [9.17, 15) is 4.79 Å². The number of aromatic nitrogens is 1. The lowest BCUT2D eigenvalue weighted by Gasteiger charge is -2.35. The minimum atomic E-state index is -0.0406. The Balaban J connectivity index is 1.31. The third-order valence-electron chi connectivity index (χ3n) is 4.98. The van der Waals surface area contributed by atoms with Crippen molar-refractivity contribution in [1.29, 1.82) is 0 Å². The third kappa shape index (κ3) is 3.23. The number of nitrogens with zero attached hydrogens (tertiary/aromatic N) is 2. The minimum Gasteiger partial charge on any atom is -0.373 e. The zero-order valence-electron chi connectivity index (χ0n) is 13.7. The average molecular weight is 325 g/mol. The summed E-state index contributed by atoms with van der Waals surface area (Å²) in [6, 6.07) is 12.2. The molecule has 1 aromatic carbocycles. The van der Waals surface area contributed by atoms with Gasteiger partial charge < -0.3 is 14.6 Å². The highest BCUT2D eigenvalue weighted by Gasteiger charge is 2.32. The number of hydrogen-bond donors (Lipinski definition) is 1. The van der Waals surface area contributed by atoms with Crippen molar-refractivity contribution >= 4 is 5.91 Å². The van der Waals surface area contributed by atoms with Gasteiger partial charge >= 0.3 is 0 Å². The summed E-state index contributed by atoms with van der Waals surface area (Å²) < 4.78 is 7.90. The fraction of sp³-hybridized carbons (Fsp3) is 0.421. The highest BCUT2D eigenvalue weighted by molar-refractivity contribution is 5.94. The van der Waals surface area contributed by atoms with Gasteiger partial charge in [-0.05, 0) is 55.8 Å². The Morgan fingerprint density at radius 1 is 1.21 bits per heavy atom. The predicted molar refractivity (Wildman–Crippen MR) is 92.4 cm³/mol. The Hall–Kier alpha value is -2.11. The van der Waals surface area contributed by atoms with Gasteiger partial charge in [-0.1, -0.05) is 0 Å². The van der Waals surface area contributed by atoms with Crippen LogP contribution in [0.3, 0.4) is 0 Å². The number of morpholine rings is 1. The molecule has 2 aliphatic heterocycles. The molecular formula is C19H23N3O2. The van der Waals surface area contributed by atoms with Gasteiger partial charge in [-0.15, -0.1) is 0 Å². The van der Waals surface area contributed by atoms with Gasteiger partial charge in [0.25, 0.3) is 5.91 Å². The second-order valence-corrected chi connectivity index (χ2v) is 6.59. The number of benzene rings is 1. The van der Waals surface area contributed by atoms with Crippen LogP contribution in [-0.2, 0) is 4.74 Å². The van der Waals surface area contributed by atoms with E-state index in [1.165, 1.54) is 19.4 Å². The topological polar surface area (TPSA) is 46.5 Å². The number of rotatable bonds is 4. The Morgan fingerprint density at radius 2 is 2.00 bits per heavy atom. The monoisotopic (exact) mass is 325 g/mol. The first-order valence-electron chi connectivity index (χ1n) is 8.67. The lowest BCUT2D eigenvalue weighted by molar-refractivity contribution is -0.0461. The summed E-state index contributed by atoms with van der Waals surface area (Å²) >= 11 is 0. The molecule has 5 nitrogen and oxygen atoms in total. The maximum absolute atomic E-state index is 12.3. The Bertz CT molecular complexity index is 681. The van der Waals surface area contributed by atoms with E-state index in [1.807, 2.05) is 53.4 Å². The van der Waals surface area contributed by atoms with Crippen molar-refractivity contribution in [2.45, 2.75) is 25.0 Å². The highest BCUT2D eigenvalue weighted by atomic mass is 16.5. The predicted octanol–water partition coefficient (Wildman–Crippen LogP) is 2.07. The Morgan fingerprint density at radius 3 is 2.79 bits per heavy atom. The number of amides is 1. The molecule has 2 atom stereocenters. The summed E-state index contributed by atoms with van der Waals surface area (Å²) in [6.07, 6.45) is 6.58. The van der Waals surface area contributed by atoms with Crippen molar-refractivity contribution in [2.24, 2.45) is 0 Å². The van der Waals surface area contributed by atoms with Crippen LogP contribution in [0.1, 0.15) is 23.2 Å². The van der Waals surface area contributed by atoms with Crippen LogP contribution >= 0.6 is 0 Å². The Kier molecular flexibility index (Phi) is 4.36. The first-order valence-corrected chi connectivity index (χ1v) is 8.67. The quantitative estimate of drug-likeness (QED) is 0.936. The van der Waals surface area contributed by atoms with Crippen LogP contribution in [0.25, 0.3) is 5.69 Å². The van der Waals surface area contributed by atoms with Crippen molar-refractivity contribution in [2.75, 3.05) is 26.2 Å². The zero-order valence-corrected chi connectivity index (χ0v) is 13.7. The minimum absolute atomic E-state index is 0.0406. The summed E-state index contributed by atoms with van der Waals surface area (Å²) in [6.45, 7) is 3.46. The molecule has 2 aromatic rings.